The van der Waals surface area contributed by atoms with Crippen molar-refractivity contribution in [1.29, 1.82) is 0 Å². The molecular weight excluding hydrogens is 318 g/mol. The zero-order chi connectivity index (χ0) is 16.6. The van der Waals surface area contributed by atoms with E-state index >= 15 is 0 Å². The van der Waals surface area contributed by atoms with Gasteiger partial charge in [-0.25, -0.2) is 0 Å². The van der Waals surface area contributed by atoms with Crippen molar-refractivity contribution in [2.24, 2.45) is 4.99 Å². The van der Waals surface area contributed by atoms with Crippen molar-refractivity contribution in [3.8, 4) is 5.75 Å². The summed E-state index contributed by atoms with van der Waals surface area (Å²) < 4.78 is 11.8. The highest BCUT2D eigenvalue weighted by Crippen LogP contribution is 2.35. The first kappa shape index (κ1) is 16.4. The first-order chi connectivity index (χ1) is 11.0. The van der Waals surface area contributed by atoms with E-state index in [-0.39, 0.29) is 11.5 Å². The Balaban J connectivity index is 1.70. The van der Waals surface area contributed by atoms with E-state index in [2.05, 4.69) is 10.3 Å². The van der Waals surface area contributed by atoms with E-state index in [9.17, 15) is 10.2 Å². The number of benzene rings is 1. The summed E-state index contributed by atoms with van der Waals surface area (Å²) in [6, 6.07) is 6.62. The summed E-state index contributed by atoms with van der Waals surface area (Å²) >= 11 is 1.40. The molecule has 3 rings (SSSR count). The number of aliphatic imine (C=N–C) groups is 1. The molecule has 8 heteroatoms. The Bertz CT molecular complexity index is 583. The number of rotatable bonds is 3. The van der Waals surface area contributed by atoms with E-state index in [1.54, 1.807) is 38.2 Å². The molecule has 0 unspecified atom stereocenters. The highest BCUT2D eigenvalue weighted by Gasteiger charge is 2.50. The summed E-state index contributed by atoms with van der Waals surface area (Å²) in [4.78, 5) is 4.07. The van der Waals surface area contributed by atoms with Gasteiger partial charge in [0.1, 0.15) is 35.6 Å². The van der Waals surface area contributed by atoms with Crippen molar-refractivity contribution in [1.82, 2.24) is 5.32 Å². The fourth-order valence-electron chi connectivity index (χ4n) is 2.76. The largest absolute Gasteiger partial charge is 0.488 e. The average Bonchev–Trinajstić information content (AvgIpc) is 2.96. The lowest BCUT2D eigenvalue weighted by atomic mass is 9.95. The van der Waals surface area contributed by atoms with Crippen LogP contribution < -0.4 is 15.8 Å². The molecule has 7 nitrogen and oxygen atoms in total. The third-order valence-electron chi connectivity index (χ3n) is 4.02. The van der Waals surface area contributed by atoms with Crippen molar-refractivity contribution < 1.29 is 19.7 Å². The topological polar surface area (TPSA) is 109 Å². The number of aliphatic hydroxyl groups is 2. The molecule has 126 valence electrons. The second-order valence-electron chi connectivity index (χ2n) is 5.66. The van der Waals surface area contributed by atoms with E-state index in [4.69, 9.17) is 15.2 Å². The number of anilines is 1. The molecule has 0 aromatic heterocycles. The number of nitrogens with one attached hydrogen (secondary N) is 1. The zero-order valence-electron chi connectivity index (χ0n) is 12.9. The molecular formula is C15H21N3O4S. The van der Waals surface area contributed by atoms with Crippen LogP contribution in [0.25, 0.3) is 0 Å². The predicted octanol–water partition coefficient (Wildman–Crippen LogP) is 0.174. The third-order valence-corrected chi connectivity index (χ3v) is 5.18. The number of aliphatic hydroxyl groups excluding tert-OH is 2. The third kappa shape index (κ3) is 3.25. The maximum atomic E-state index is 10.4. The first-order valence-electron chi connectivity index (χ1n) is 7.43. The normalized spacial score (nSPS) is 36.3. The first-order valence-corrected chi connectivity index (χ1v) is 8.31. The van der Waals surface area contributed by atoms with Gasteiger partial charge in [0.05, 0.1) is 6.04 Å². The smallest absolute Gasteiger partial charge is 0.159 e. The van der Waals surface area contributed by atoms with E-state index in [0.29, 0.717) is 16.6 Å². The Morgan fingerprint density at radius 2 is 2.00 bits per heavy atom. The van der Waals surface area contributed by atoms with Crippen LogP contribution in [0.1, 0.15) is 6.92 Å². The number of fused-ring (bicyclic) bond motifs is 1. The molecule has 0 bridgehead atoms. The van der Waals surface area contributed by atoms with Gasteiger partial charge in [0.15, 0.2) is 5.17 Å². The minimum atomic E-state index is -1.05. The Morgan fingerprint density at radius 3 is 2.65 bits per heavy atom. The summed E-state index contributed by atoms with van der Waals surface area (Å²) in [5.41, 5.74) is 5.99. The van der Waals surface area contributed by atoms with Crippen molar-refractivity contribution in [2.75, 3.05) is 12.8 Å². The van der Waals surface area contributed by atoms with Gasteiger partial charge in [0.25, 0.3) is 0 Å². The molecule has 0 amide bonds. The number of hydrogen-bond donors (Lipinski definition) is 4. The molecule has 1 aromatic carbocycles. The Labute approximate surface area is 138 Å². The monoisotopic (exact) mass is 339 g/mol. The van der Waals surface area contributed by atoms with Crippen molar-refractivity contribution in [3.05, 3.63) is 24.3 Å². The molecule has 23 heavy (non-hydrogen) atoms. The maximum absolute atomic E-state index is 10.4. The SMILES string of the molecule is CN=C1N[C@@H]2[C@@H](O)[C@H](O)[C@@H]([C@H](C)Oc3ccc(N)cc3)O[C@@H]2S1. The molecule has 2 aliphatic rings. The highest BCUT2D eigenvalue weighted by atomic mass is 32.2. The second kappa shape index (κ2) is 6.56. The maximum Gasteiger partial charge on any atom is 0.159 e. The van der Waals surface area contributed by atoms with E-state index < -0.39 is 24.4 Å². The summed E-state index contributed by atoms with van der Waals surface area (Å²) in [7, 11) is 1.67. The van der Waals surface area contributed by atoms with Gasteiger partial charge in [-0.3, -0.25) is 4.99 Å². The molecule has 6 atom stereocenters. The van der Waals surface area contributed by atoms with Gasteiger partial charge < -0.3 is 30.7 Å². The molecule has 0 aliphatic carbocycles. The molecule has 2 fully saturated rings. The summed E-state index contributed by atoms with van der Waals surface area (Å²) in [5.74, 6) is 0.632. The molecule has 2 heterocycles. The number of nitrogens with zero attached hydrogens (tertiary/aromatic N) is 1. The standard InChI is InChI=1S/C15H21N3O4S/c1-7(21-9-5-3-8(16)4-6-9)13-12(20)11(19)10-14(22-13)23-15(17-2)18-10/h3-7,10-14,19-20H,16H2,1-2H3,(H,17,18)/t7-,10+,11+,12-,13+,14+/m0/s1. The molecule has 2 aliphatic heterocycles. The van der Waals surface area contributed by atoms with Gasteiger partial charge in [-0.15, -0.1) is 0 Å². The van der Waals surface area contributed by atoms with E-state index in [0.717, 1.165) is 0 Å². The zero-order valence-corrected chi connectivity index (χ0v) is 13.7. The van der Waals surface area contributed by atoms with Crippen LogP contribution in [-0.2, 0) is 4.74 Å². The van der Waals surface area contributed by atoms with Gasteiger partial charge >= 0.3 is 0 Å². The molecule has 5 N–H and O–H groups in total. The second-order valence-corrected chi connectivity index (χ2v) is 6.75. The molecule has 2 saturated heterocycles. The number of amidine groups is 1. The van der Waals surface area contributed by atoms with Gasteiger partial charge in [-0.05, 0) is 31.2 Å². The summed E-state index contributed by atoms with van der Waals surface area (Å²) in [5, 5.41) is 24.5. The number of thioether (sulfide) groups is 1. The Hall–Kier alpha value is -1.48. The lowest BCUT2D eigenvalue weighted by Crippen LogP contribution is -2.61. The minimum Gasteiger partial charge on any atom is -0.488 e. The van der Waals surface area contributed by atoms with Gasteiger partial charge in [0.2, 0.25) is 0 Å². The molecule has 0 saturated carbocycles. The number of nitrogen functional groups attached to an aromatic ring is 1. The average molecular weight is 339 g/mol. The lowest BCUT2D eigenvalue weighted by Gasteiger charge is -2.41. The quantitative estimate of drug-likeness (QED) is 0.581. The van der Waals surface area contributed by atoms with Crippen molar-refractivity contribution in [3.63, 3.8) is 0 Å². The van der Waals surface area contributed by atoms with Crippen LogP contribution in [-0.4, -0.2) is 58.3 Å². The van der Waals surface area contributed by atoms with Crippen LogP contribution in [0, 0.1) is 0 Å². The van der Waals surface area contributed by atoms with Crippen LogP contribution in [0.3, 0.4) is 0 Å². The minimum absolute atomic E-state index is 0.311. The predicted molar refractivity (Wildman–Crippen MR) is 89.5 cm³/mol. The van der Waals surface area contributed by atoms with Gasteiger partial charge in [0, 0.05) is 12.7 Å². The van der Waals surface area contributed by atoms with Crippen LogP contribution in [0.15, 0.2) is 29.3 Å². The van der Waals surface area contributed by atoms with E-state index in [1.165, 1.54) is 11.8 Å². The summed E-state index contributed by atoms with van der Waals surface area (Å²) in [6.07, 6.45) is -3.09. The molecule has 0 spiro atoms. The van der Waals surface area contributed by atoms with Gasteiger partial charge in [-0.1, -0.05) is 11.8 Å². The molecule has 1 aromatic rings. The number of ether oxygens (including phenoxy) is 2. The Kier molecular flexibility index (Phi) is 4.67. The summed E-state index contributed by atoms with van der Waals surface area (Å²) in [6.45, 7) is 1.80. The highest BCUT2D eigenvalue weighted by molar-refractivity contribution is 8.14. The fourth-order valence-corrected chi connectivity index (χ4v) is 3.85. The fraction of sp³-hybridized carbons (Fsp3) is 0.533. The van der Waals surface area contributed by atoms with E-state index in [1.807, 2.05) is 0 Å². The van der Waals surface area contributed by atoms with Crippen LogP contribution in [0.5, 0.6) is 5.75 Å². The van der Waals surface area contributed by atoms with Crippen molar-refractivity contribution in [2.45, 2.75) is 42.8 Å². The molecule has 0 radical (unpaired) electrons. The number of nitrogens with two attached hydrogens (primary N) is 1. The van der Waals surface area contributed by atoms with Gasteiger partial charge in [-0.2, -0.15) is 0 Å². The van der Waals surface area contributed by atoms with Crippen LogP contribution >= 0.6 is 11.8 Å². The lowest BCUT2D eigenvalue weighted by molar-refractivity contribution is -0.180. The Morgan fingerprint density at radius 1 is 1.30 bits per heavy atom. The van der Waals surface area contributed by atoms with Crippen LogP contribution in [0.2, 0.25) is 0 Å². The van der Waals surface area contributed by atoms with Crippen molar-refractivity contribution >= 4 is 22.6 Å². The number of hydrogen-bond acceptors (Lipinski definition) is 7. The van der Waals surface area contributed by atoms with Crippen LogP contribution in [0.4, 0.5) is 5.69 Å².